The number of aromatic nitrogens is 2. The summed E-state index contributed by atoms with van der Waals surface area (Å²) in [7, 11) is 0. The third-order valence-corrected chi connectivity index (χ3v) is 3.99. The van der Waals surface area contributed by atoms with Crippen molar-refractivity contribution in [3.8, 4) is 5.69 Å². The SMILES string of the molecule is Cc1cc(Br)ccc1NC(=O)/C=C/c1cnn(-c2ccccc2)c1. The average Bonchev–Trinajstić information content (AvgIpc) is 3.05. The molecule has 0 bridgehead atoms. The standard InChI is InChI=1S/C19H16BrN3O/c1-14-11-16(20)8-9-18(14)22-19(24)10-7-15-12-21-23(13-15)17-5-3-2-4-6-17/h2-13H,1H3,(H,22,24)/b10-7+. The molecule has 2 aromatic carbocycles. The number of anilines is 1. The zero-order valence-electron chi connectivity index (χ0n) is 13.1. The number of carbonyl (C=O) groups excluding carboxylic acids is 1. The summed E-state index contributed by atoms with van der Waals surface area (Å²) < 4.78 is 2.76. The summed E-state index contributed by atoms with van der Waals surface area (Å²) in [6.07, 6.45) is 6.86. The van der Waals surface area contributed by atoms with Crippen molar-refractivity contribution in [3.05, 3.63) is 82.6 Å². The first kappa shape index (κ1) is 16.2. The van der Waals surface area contributed by atoms with Gasteiger partial charge in [-0.05, 0) is 48.9 Å². The number of halogens is 1. The molecule has 24 heavy (non-hydrogen) atoms. The number of hydrogen-bond donors (Lipinski definition) is 1. The second-order valence-corrected chi connectivity index (χ2v) is 6.25. The van der Waals surface area contributed by atoms with E-state index in [0.29, 0.717) is 0 Å². The van der Waals surface area contributed by atoms with Gasteiger partial charge in [-0.25, -0.2) is 4.68 Å². The molecule has 0 fully saturated rings. The molecular weight excluding hydrogens is 366 g/mol. The van der Waals surface area contributed by atoms with E-state index >= 15 is 0 Å². The monoisotopic (exact) mass is 381 g/mol. The van der Waals surface area contributed by atoms with E-state index in [-0.39, 0.29) is 5.91 Å². The van der Waals surface area contributed by atoms with Crippen molar-refractivity contribution in [1.82, 2.24) is 9.78 Å². The topological polar surface area (TPSA) is 46.9 Å². The van der Waals surface area contributed by atoms with Crippen LogP contribution in [0.25, 0.3) is 11.8 Å². The quantitative estimate of drug-likeness (QED) is 0.671. The lowest BCUT2D eigenvalue weighted by Crippen LogP contribution is -2.08. The van der Waals surface area contributed by atoms with E-state index in [0.717, 1.165) is 27.0 Å². The lowest BCUT2D eigenvalue weighted by molar-refractivity contribution is -0.111. The number of aryl methyl sites for hydroxylation is 1. The molecule has 1 N–H and O–H groups in total. The van der Waals surface area contributed by atoms with Gasteiger partial charge in [-0.1, -0.05) is 34.1 Å². The summed E-state index contributed by atoms with van der Waals surface area (Å²) >= 11 is 3.41. The molecule has 1 aromatic heterocycles. The minimum Gasteiger partial charge on any atom is -0.322 e. The Hall–Kier alpha value is -2.66. The van der Waals surface area contributed by atoms with E-state index in [1.54, 1.807) is 17.0 Å². The van der Waals surface area contributed by atoms with Crippen molar-refractivity contribution in [3.63, 3.8) is 0 Å². The largest absolute Gasteiger partial charge is 0.322 e. The van der Waals surface area contributed by atoms with Crippen LogP contribution in [-0.2, 0) is 4.79 Å². The third-order valence-electron chi connectivity index (χ3n) is 3.50. The van der Waals surface area contributed by atoms with Gasteiger partial charge in [0.05, 0.1) is 11.9 Å². The maximum absolute atomic E-state index is 12.1. The molecule has 0 aliphatic rings. The van der Waals surface area contributed by atoms with Gasteiger partial charge in [-0.3, -0.25) is 4.79 Å². The van der Waals surface area contributed by atoms with Gasteiger partial charge >= 0.3 is 0 Å². The Bertz CT molecular complexity index is 885. The number of rotatable bonds is 4. The maximum Gasteiger partial charge on any atom is 0.248 e. The van der Waals surface area contributed by atoms with Crippen LogP contribution < -0.4 is 5.32 Å². The minimum atomic E-state index is -0.173. The Balaban J connectivity index is 1.67. The van der Waals surface area contributed by atoms with Crippen LogP contribution in [0.4, 0.5) is 5.69 Å². The van der Waals surface area contributed by atoms with Gasteiger partial charge in [-0.2, -0.15) is 5.10 Å². The molecule has 1 heterocycles. The molecule has 3 rings (SSSR count). The molecule has 0 saturated carbocycles. The number of hydrogen-bond acceptors (Lipinski definition) is 2. The van der Waals surface area contributed by atoms with Gasteiger partial charge in [0, 0.05) is 28.0 Å². The summed E-state index contributed by atoms with van der Waals surface area (Å²) in [4.78, 5) is 12.1. The molecule has 0 atom stereocenters. The van der Waals surface area contributed by atoms with Crippen LogP contribution in [0.2, 0.25) is 0 Å². The normalized spacial score (nSPS) is 10.9. The molecule has 1 amide bonds. The molecule has 0 radical (unpaired) electrons. The van der Waals surface area contributed by atoms with Crippen LogP contribution in [0.1, 0.15) is 11.1 Å². The fourth-order valence-corrected chi connectivity index (χ4v) is 2.73. The van der Waals surface area contributed by atoms with Gasteiger partial charge in [-0.15, -0.1) is 0 Å². The first-order valence-electron chi connectivity index (χ1n) is 7.47. The van der Waals surface area contributed by atoms with Crippen molar-refractivity contribution in [2.45, 2.75) is 6.92 Å². The van der Waals surface area contributed by atoms with E-state index in [4.69, 9.17) is 0 Å². The third kappa shape index (κ3) is 4.00. The summed E-state index contributed by atoms with van der Waals surface area (Å²) in [6, 6.07) is 15.6. The molecule has 0 aliphatic heterocycles. The lowest BCUT2D eigenvalue weighted by Gasteiger charge is -2.06. The zero-order valence-corrected chi connectivity index (χ0v) is 14.7. The van der Waals surface area contributed by atoms with Crippen molar-refractivity contribution < 1.29 is 4.79 Å². The van der Waals surface area contributed by atoms with Crippen molar-refractivity contribution >= 4 is 33.6 Å². The highest BCUT2D eigenvalue weighted by molar-refractivity contribution is 9.10. The summed E-state index contributed by atoms with van der Waals surface area (Å²) in [5.74, 6) is -0.173. The predicted molar refractivity (Wildman–Crippen MR) is 100 cm³/mol. The van der Waals surface area contributed by atoms with Crippen LogP contribution in [0, 0.1) is 6.92 Å². The second-order valence-electron chi connectivity index (χ2n) is 5.34. The van der Waals surface area contributed by atoms with Crippen LogP contribution in [0.15, 0.2) is 71.5 Å². The highest BCUT2D eigenvalue weighted by Gasteiger charge is 2.03. The predicted octanol–water partition coefficient (Wildman–Crippen LogP) is 4.60. The maximum atomic E-state index is 12.1. The Morgan fingerprint density at radius 2 is 2.00 bits per heavy atom. The Kier molecular flexibility index (Phi) is 4.91. The van der Waals surface area contributed by atoms with Gasteiger partial charge in [0.1, 0.15) is 0 Å². The summed E-state index contributed by atoms with van der Waals surface area (Å²) in [5.41, 5.74) is 3.64. The van der Waals surface area contributed by atoms with Crippen molar-refractivity contribution in [2.24, 2.45) is 0 Å². The molecule has 0 saturated heterocycles. The van der Waals surface area contributed by atoms with E-state index in [2.05, 4.69) is 26.3 Å². The first-order chi connectivity index (χ1) is 11.6. The number of benzene rings is 2. The molecule has 120 valence electrons. The molecule has 3 aromatic rings. The molecule has 0 unspecified atom stereocenters. The number of carbonyl (C=O) groups is 1. The highest BCUT2D eigenvalue weighted by Crippen LogP contribution is 2.20. The van der Waals surface area contributed by atoms with E-state index in [1.807, 2.05) is 61.7 Å². The fraction of sp³-hybridized carbons (Fsp3) is 0.0526. The number of amides is 1. The van der Waals surface area contributed by atoms with Gasteiger partial charge in [0.25, 0.3) is 0 Å². The molecule has 5 heteroatoms. The molecule has 0 aliphatic carbocycles. The minimum absolute atomic E-state index is 0.173. The van der Waals surface area contributed by atoms with Crippen LogP contribution in [-0.4, -0.2) is 15.7 Å². The highest BCUT2D eigenvalue weighted by atomic mass is 79.9. The number of para-hydroxylation sites is 1. The van der Waals surface area contributed by atoms with Crippen LogP contribution in [0.5, 0.6) is 0 Å². The van der Waals surface area contributed by atoms with E-state index in [1.165, 1.54) is 6.08 Å². The van der Waals surface area contributed by atoms with E-state index in [9.17, 15) is 4.79 Å². The van der Waals surface area contributed by atoms with Crippen LogP contribution >= 0.6 is 15.9 Å². The Morgan fingerprint density at radius 1 is 1.21 bits per heavy atom. The average molecular weight is 382 g/mol. The fourth-order valence-electron chi connectivity index (χ4n) is 2.26. The first-order valence-corrected chi connectivity index (χ1v) is 8.26. The molecule has 0 spiro atoms. The van der Waals surface area contributed by atoms with Gasteiger partial charge in [0.2, 0.25) is 5.91 Å². The van der Waals surface area contributed by atoms with Gasteiger partial charge < -0.3 is 5.32 Å². The lowest BCUT2D eigenvalue weighted by atomic mass is 10.2. The van der Waals surface area contributed by atoms with Gasteiger partial charge in [0.15, 0.2) is 0 Å². The zero-order chi connectivity index (χ0) is 16.9. The second kappa shape index (κ2) is 7.27. The molecule has 4 nitrogen and oxygen atoms in total. The summed E-state index contributed by atoms with van der Waals surface area (Å²) in [6.45, 7) is 1.95. The molecular formula is C19H16BrN3O. The number of nitrogens with one attached hydrogen (secondary N) is 1. The van der Waals surface area contributed by atoms with E-state index < -0.39 is 0 Å². The van der Waals surface area contributed by atoms with Crippen LogP contribution in [0.3, 0.4) is 0 Å². The summed E-state index contributed by atoms with van der Waals surface area (Å²) in [5, 5.41) is 7.17. The number of nitrogens with zero attached hydrogens (tertiary/aromatic N) is 2. The Morgan fingerprint density at radius 3 is 2.75 bits per heavy atom. The van der Waals surface area contributed by atoms with Crippen molar-refractivity contribution in [2.75, 3.05) is 5.32 Å². The smallest absolute Gasteiger partial charge is 0.248 e. The van der Waals surface area contributed by atoms with Crippen molar-refractivity contribution in [1.29, 1.82) is 0 Å². The Labute approximate surface area is 149 Å².